The topological polar surface area (TPSA) is 60.5 Å². The molecule has 3 rings (SSSR count). The number of amides is 1. The highest BCUT2D eigenvalue weighted by atomic mass is 35.5. The Bertz CT molecular complexity index is 941. The molecule has 0 aliphatic rings. The summed E-state index contributed by atoms with van der Waals surface area (Å²) in [6, 6.07) is 14.9. The van der Waals surface area contributed by atoms with Gasteiger partial charge in [0.05, 0.1) is 19.4 Å². The molecule has 0 bridgehead atoms. The number of thiazole rings is 1. The summed E-state index contributed by atoms with van der Waals surface area (Å²) < 4.78 is 10.7. The number of hydrogen-bond donors (Lipinski definition) is 1. The van der Waals surface area contributed by atoms with Crippen LogP contribution in [-0.2, 0) is 4.79 Å². The Kier molecular flexibility index (Phi) is 6.90. The summed E-state index contributed by atoms with van der Waals surface area (Å²) in [5.74, 6) is 1.45. The Morgan fingerprint density at radius 1 is 1.18 bits per heavy atom. The zero-order chi connectivity index (χ0) is 19.9. The van der Waals surface area contributed by atoms with Gasteiger partial charge in [-0.15, -0.1) is 11.3 Å². The van der Waals surface area contributed by atoms with Gasteiger partial charge in [-0.25, -0.2) is 4.98 Å². The Morgan fingerprint density at radius 3 is 2.64 bits per heavy atom. The van der Waals surface area contributed by atoms with Gasteiger partial charge in [0.2, 0.25) is 5.91 Å². The highest BCUT2D eigenvalue weighted by Gasteiger charge is 2.12. The third-order valence-corrected chi connectivity index (χ3v) is 5.14. The summed E-state index contributed by atoms with van der Waals surface area (Å²) >= 11 is 7.51. The molecule has 0 spiro atoms. The number of benzene rings is 2. The van der Waals surface area contributed by atoms with Gasteiger partial charge in [0.25, 0.3) is 0 Å². The smallest absolute Gasteiger partial charge is 0.226 e. The molecule has 1 N–H and O–H groups in total. The van der Waals surface area contributed by atoms with Crippen LogP contribution in [0, 0.1) is 6.92 Å². The number of nitrogens with one attached hydrogen (secondary N) is 1. The van der Waals surface area contributed by atoms with Crippen LogP contribution in [0.2, 0.25) is 5.02 Å². The fourth-order valence-corrected chi connectivity index (χ4v) is 3.67. The molecule has 0 fully saturated rings. The minimum Gasteiger partial charge on any atom is -0.497 e. The van der Waals surface area contributed by atoms with Crippen LogP contribution in [-0.4, -0.2) is 24.6 Å². The minimum absolute atomic E-state index is 0.0790. The monoisotopic (exact) mass is 416 g/mol. The van der Waals surface area contributed by atoms with E-state index < -0.39 is 0 Å². The molecule has 1 heterocycles. The fourth-order valence-electron chi connectivity index (χ4n) is 2.63. The number of anilines is 1. The molecule has 0 saturated carbocycles. The molecule has 146 valence electrons. The molecule has 28 heavy (non-hydrogen) atoms. The predicted molar refractivity (Wildman–Crippen MR) is 114 cm³/mol. The van der Waals surface area contributed by atoms with Crippen molar-refractivity contribution in [1.29, 1.82) is 0 Å². The van der Waals surface area contributed by atoms with Gasteiger partial charge in [-0.3, -0.25) is 4.79 Å². The first kappa shape index (κ1) is 20.2. The van der Waals surface area contributed by atoms with E-state index in [-0.39, 0.29) is 5.91 Å². The number of aryl methyl sites for hydroxylation is 1. The first-order valence-electron chi connectivity index (χ1n) is 8.85. The Balaban J connectivity index is 1.47. The fraction of sp³-hybridized carbons (Fsp3) is 0.238. The van der Waals surface area contributed by atoms with Crippen molar-refractivity contribution >= 4 is 34.0 Å². The quantitative estimate of drug-likeness (QED) is 0.487. The molecule has 3 aromatic rings. The highest BCUT2D eigenvalue weighted by molar-refractivity contribution is 7.16. The van der Waals surface area contributed by atoms with Crippen LogP contribution in [0.5, 0.6) is 11.5 Å². The van der Waals surface area contributed by atoms with Crippen molar-refractivity contribution in [3.05, 3.63) is 58.4 Å². The molecule has 2 aromatic carbocycles. The number of hydrogen-bond acceptors (Lipinski definition) is 5. The van der Waals surface area contributed by atoms with Crippen molar-refractivity contribution in [2.45, 2.75) is 19.8 Å². The number of carbonyl (C=O) groups is 1. The number of methoxy groups -OCH3 is 1. The molecule has 0 aliphatic carbocycles. The van der Waals surface area contributed by atoms with Gasteiger partial charge in [0, 0.05) is 21.9 Å². The molecule has 5 nitrogen and oxygen atoms in total. The zero-order valence-corrected chi connectivity index (χ0v) is 17.3. The van der Waals surface area contributed by atoms with Crippen molar-refractivity contribution < 1.29 is 14.3 Å². The van der Waals surface area contributed by atoms with Crippen LogP contribution in [0.25, 0.3) is 11.3 Å². The summed E-state index contributed by atoms with van der Waals surface area (Å²) in [5, 5.41) is 4.12. The molecule has 0 radical (unpaired) electrons. The van der Waals surface area contributed by atoms with Gasteiger partial charge in [0.15, 0.2) is 5.13 Å². The van der Waals surface area contributed by atoms with E-state index >= 15 is 0 Å². The van der Waals surface area contributed by atoms with Crippen molar-refractivity contribution in [2.75, 3.05) is 19.0 Å². The van der Waals surface area contributed by atoms with Crippen molar-refractivity contribution in [1.82, 2.24) is 4.98 Å². The van der Waals surface area contributed by atoms with Crippen LogP contribution in [0.15, 0.2) is 48.5 Å². The molecular weight excluding hydrogens is 396 g/mol. The maximum Gasteiger partial charge on any atom is 0.226 e. The number of aromatic nitrogens is 1. The largest absolute Gasteiger partial charge is 0.497 e. The van der Waals surface area contributed by atoms with Crippen LogP contribution >= 0.6 is 22.9 Å². The lowest BCUT2D eigenvalue weighted by atomic mass is 10.1. The van der Waals surface area contributed by atoms with Gasteiger partial charge in [-0.2, -0.15) is 0 Å². The first-order chi connectivity index (χ1) is 13.5. The maximum atomic E-state index is 12.2. The van der Waals surface area contributed by atoms with E-state index in [0.717, 1.165) is 27.6 Å². The second kappa shape index (κ2) is 9.57. The zero-order valence-electron chi connectivity index (χ0n) is 15.7. The van der Waals surface area contributed by atoms with E-state index in [1.54, 1.807) is 7.11 Å². The molecule has 7 heteroatoms. The van der Waals surface area contributed by atoms with E-state index in [1.165, 1.54) is 11.3 Å². The molecule has 1 amide bonds. The van der Waals surface area contributed by atoms with Gasteiger partial charge in [-0.05, 0) is 49.7 Å². The number of halogens is 1. The van der Waals surface area contributed by atoms with Crippen LogP contribution < -0.4 is 14.8 Å². The highest BCUT2D eigenvalue weighted by Crippen LogP contribution is 2.31. The van der Waals surface area contributed by atoms with Crippen molar-refractivity contribution in [3.8, 4) is 22.8 Å². The van der Waals surface area contributed by atoms with Crippen LogP contribution in [0.4, 0.5) is 5.13 Å². The third kappa shape index (κ3) is 5.47. The lowest BCUT2D eigenvalue weighted by molar-refractivity contribution is -0.116. The third-order valence-electron chi connectivity index (χ3n) is 4.02. The summed E-state index contributed by atoms with van der Waals surface area (Å²) in [6.07, 6.45) is 0.977. The molecule has 0 saturated heterocycles. The van der Waals surface area contributed by atoms with Gasteiger partial charge >= 0.3 is 0 Å². The number of rotatable bonds is 8. The van der Waals surface area contributed by atoms with Crippen molar-refractivity contribution in [2.24, 2.45) is 0 Å². The Morgan fingerprint density at radius 2 is 1.93 bits per heavy atom. The van der Waals surface area contributed by atoms with Gasteiger partial charge in [0.1, 0.15) is 11.5 Å². The molecule has 0 atom stereocenters. The lowest BCUT2D eigenvalue weighted by Crippen LogP contribution is -2.12. The number of carbonyl (C=O) groups excluding carboxylic acids is 1. The molecule has 0 aliphatic heterocycles. The summed E-state index contributed by atoms with van der Waals surface area (Å²) in [5.41, 5.74) is 1.78. The van der Waals surface area contributed by atoms with Crippen LogP contribution in [0.3, 0.4) is 0 Å². The summed E-state index contributed by atoms with van der Waals surface area (Å²) in [4.78, 5) is 17.7. The van der Waals surface area contributed by atoms with Crippen molar-refractivity contribution in [3.63, 3.8) is 0 Å². The van der Waals surface area contributed by atoms with E-state index in [2.05, 4.69) is 10.3 Å². The number of nitrogens with zero attached hydrogens (tertiary/aromatic N) is 1. The summed E-state index contributed by atoms with van der Waals surface area (Å²) in [6.45, 7) is 2.44. The Labute approximate surface area is 173 Å². The van der Waals surface area contributed by atoms with Crippen LogP contribution in [0.1, 0.15) is 17.7 Å². The minimum atomic E-state index is -0.0790. The molecule has 0 unspecified atom stereocenters. The second-order valence-electron chi connectivity index (χ2n) is 6.11. The van der Waals surface area contributed by atoms with E-state index in [9.17, 15) is 4.79 Å². The molecular formula is C21H21ClN2O3S. The predicted octanol–water partition coefficient (Wildman–Crippen LogP) is 5.58. The standard InChI is InChI=1S/C21H21ClN2O3S/c1-14-20(15-5-3-6-16(22)13-15)24-21(28-14)23-19(25)7-4-12-27-18-10-8-17(26-2)9-11-18/h3,5-6,8-11,13H,4,7,12H2,1-2H3,(H,23,24,25). The van der Waals surface area contributed by atoms with Gasteiger partial charge < -0.3 is 14.8 Å². The second-order valence-corrected chi connectivity index (χ2v) is 7.75. The van der Waals surface area contributed by atoms with E-state index in [0.29, 0.717) is 29.6 Å². The SMILES string of the molecule is COc1ccc(OCCCC(=O)Nc2nc(-c3cccc(Cl)c3)c(C)s2)cc1. The van der Waals surface area contributed by atoms with Gasteiger partial charge in [-0.1, -0.05) is 23.7 Å². The normalized spacial score (nSPS) is 10.5. The Hall–Kier alpha value is -2.57. The average molecular weight is 417 g/mol. The lowest BCUT2D eigenvalue weighted by Gasteiger charge is -2.07. The number of ether oxygens (including phenoxy) is 2. The molecule has 1 aromatic heterocycles. The maximum absolute atomic E-state index is 12.2. The van der Waals surface area contributed by atoms with E-state index in [4.69, 9.17) is 21.1 Å². The summed E-state index contributed by atoms with van der Waals surface area (Å²) in [7, 11) is 1.62. The first-order valence-corrected chi connectivity index (χ1v) is 10.0. The average Bonchev–Trinajstić information content (AvgIpc) is 3.05. The van der Waals surface area contributed by atoms with E-state index in [1.807, 2.05) is 55.5 Å².